The number of hydrogen-bond donors (Lipinski definition) is 2. The van der Waals surface area contributed by atoms with Crippen molar-refractivity contribution in [2.45, 2.75) is 6.92 Å². The van der Waals surface area contributed by atoms with Crippen LogP contribution in [0.15, 0.2) is 40.9 Å². The summed E-state index contributed by atoms with van der Waals surface area (Å²) in [5.74, 6) is -1.03. The molecule has 0 aliphatic heterocycles. The highest BCUT2D eigenvalue weighted by Gasteiger charge is 2.20. The maximum absolute atomic E-state index is 12.2. The molecule has 0 spiro atoms. The standard InChI is InChI=1S/C20H17Cl2N5O6/c1-11-13(3-2-4-15(11)27(30)31)18-25-20(33-26-18)19(29)24-8-7-23-17(28)10-32-16-6-5-12(21)9-14(16)22/h2-6,9H,7-8,10H2,1H3,(H,23,28)(H,24,29). The van der Waals surface area contributed by atoms with Crippen LogP contribution >= 0.6 is 23.2 Å². The van der Waals surface area contributed by atoms with Gasteiger partial charge in [-0.3, -0.25) is 19.7 Å². The molecule has 0 aliphatic rings. The Morgan fingerprint density at radius 1 is 1.18 bits per heavy atom. The lowest BCUT2D eigenvalue weighted by atomic mass is 10.1. The fourth-order valence-corrected chi connectivity index (χ4v) is 3.19. The van der Waals surface area contributed by atoms with Gasteiger partial charge in [0.25, 0.3) is 11.6 Å². The summed E-state index contributed by atoms with van der Waals surface area (Å²) in [5, 5.41) is 20.6. The minimum Gasteiger partial charge on any atom is -0.482 e. The Balaban J connectivity index is 1.46. The third-order valence-corrected chi connectivity index (χ3v) is 4.88. The number of carbonyl (C=O) groups is 2. The zero-order chi connectivity index (χ0) is 24.0. The molecule has 0 unspecified atom stereocenters. The van der Waals surface area contributed by atoms with Gasteiger partial charge < -0.3 is 19.9 Å². The molecule has 3 aromatic rings. The second-order valence-corrected chi connectivity index (χ2v) is 7.44. The Morgan fingerprint density at radius 2 is 1.94 bits per heavy atom. The molecule has 11 nitrogen and oxygen atoms in total. The van der Waals surface area contributed by atoms with Gasteiger partial charge in [0.05, 0.1) is 9.95 Å². The lowest BCUT2D eigenvalue weighted by molar-refractivity contribution is -0.385. The zero-order valence-corrected chi connectivity index (χ0v) is 18.6. The molecule has 1 aromatic heterocycles. The average molecular weight is 494 g/mol. The van der Waals surface area contributed by atoms with E-state index >= 15 is 0 Å². The van der Waals surface area contributed by atoms with Crippen molar-refractivity contribution in [3.8, 4) is 17.1 Å². The largest absolute Gasteiger partial charge is 0.482 e. The fourth-order valence-electron chi connectivity index (χ4n) is 2.73. The maximum atomic E-state index is 12.2. The van der Waals surface area contributed by atoms with Crippen LogP contribution in [0.4, 0.5) is 5.69 Å². The van der Waals surface area contributed by atoms with E-state index in [4.69, 9.17) is 32.5 Å². The topological polar surface area (TPSA) is 149 Å². The normalized spacial score (nSPS) is 10.5. The van der Waals surface area contributed by atoms with Gasteiger partial charge in [0.15, 0.2) is 6.61 Å². The van der Waals surface area contributed by atoms with Crippen molar-refractivity contribution in [1.82, 2.24) is 20.8 Å². The van der Waals surface area contributed by atoms with Crippen LogP contribution in [0.1, 0.15) is 16.2 Å². The van der Waals surface area contributed by atoms with Gasteiger partial charge >= 0.3 is 11.8 Å². The summed E-state index contributed by atoms with van der Waals surface area (Å²) in [4.78, 5) is 38.6. The molecule has 33 heavy (non-hydrogen) atoms. The van der Waals surface area contributed by atoms with Gasteiger partial charge in [-0.25, -0.2) is 0 Å². The van der Waals surface area contributed by atoms with Crippen LogP contribution in [0.2, 0.25) is 10.0 Å². The summed E-state index contributed by atoms with van der Waals surface area (Å²) in [6, 6.07) is 9.06. The van der Waals surface area contributed by atoms with Gasteiger partial charge in [0.1, 0.15) is 5.75 Å². The number of hydrogen-bond acceptors (Lipinski definition) is 8. The molecule has 2 aromatic carbocycles. The Kier molecular flexibility index (Phi) is 7.80. The highest BCUT2D eigenvalue weighted by atomic mass is 35.5. The predicted octanol–water partition coefficient (Wildman–Crippen LogP) is 3.19. The molecule has 0 bridgehead atoms. The monoisotopic (exact) mass is 493 g/mol. The van der Waals surface area contributed by atoms with E-state index in [0.717, 1.165) is 0 Å². The lowest BCUT2D eigenvalue weighted by Gasteiger charge is -2.09. The average Bonchev–Trinajstić information content (AvgIpc) is 3.26. The molecule has 3 rings (SSSR count). The van der Waals surface area contributed by atoms with E-state index in [2.05, 4.69) is 20.8 Å². The SMILES string of the molecule is Cc1c(-c2noc(C(=O)NCCNC(=O)COc3ccc(Cl)cc3Cl)n2)cccc1[N+](=O)[O-]. The van der Waals surface area contributed by atoms with Crippen molar-refractivity contribution >= 4 is 40.7 Å². The number of benzene rings is 2. The molecule has 13 heteroatoms. The molecule has 0 fully saturated rings. The quantitative estimate of drug-likeness (QED) is 0.262. The van der Waals surface area contributed by atoms with Crippen LogP contribution in [0, 0.1) is 17.0 Å². The first kappa shape index (κ1) is 24.0. The van der Waals surface area contributed by atoms with E-state index in [1.54, 1.807) is 25.1 Å². The van der Waals surface area contributed by atoms with Crippen LogP contribution in [-0.2, 0) is 4.79 Å². The number of nitro benzene ring substituents is 1. The molecule has 2 amide bonds. The summed E-state index contributed by atoms with van der Waals surface area (Å²) in [5.41, 5.74) is 0.626. The van der Waals surface area contributed by atoms with Crippen molar-refractivity contribution in [2.75, 3.05) is 19.7 Å². The van der Waals surface area contributed by atoms with Gasteiger partial charge in [-0.2, -0.15) is 4.98 Å². The minimum absolute atomic E-state index is 0.0488. The summed E-state index contributed by atoms with van der Waals surface area (Å²) >= 11 is 11.8. The third kappa shape index (κ3) is 6.18. The van der Waals surface area contributed by atoms with Crippen LogP contribution in [0.5, 0.6) is 5.75 Å². The Labute approximate surface area is 197 Å². The summed E-state index contributed by atoms with van der Waals surface area (Å²) in [6.45, 7) is 1.48. The maximum Gasteiger partial charge on any atom is 0.316 e. The number of halogens is 2. The van der Waals surface area contributed by atoms with Gasteiger partial charge in [0, 0.05) is 35.3 Å². The smallest absolute Gasteiger partial charge is 0.316 e. The molecular formula is C20H17Cl2N5O6. The number of ether oxygens (including phenoxy) is 1. The number of nitrogens with one attached hydrogen (secondary N) is 2. The van der Waals surface area contributed by atoms with Crippen LogP contribution in [-0.4, -0.2) is 46.6 Å². The minimum atomic E-state index is -0.657. The summed E-state index contributed by atoms with van der Waals surface area (Å²) in [6.07, 6.45) is 0. The fraction of sp³-hybridized carbons (Fsp3) is 0.200. The van der Waals surface area contributed by atoms with Gasteiger partial charge in [-0.1, -0.05) is 40.5 Å². The van der Waals surface area contributed by atoms with Gasteiger partial charge in [-0.05, 0) is 25.1 Å². The van der Waals surface area contributed by atoms with E-state index in [1.807, 2.05) is 0 Å². The number of amides is 2. The first-order valence-corrected chi connectivity index (χ1v) is 10.2. The molecular weight excluding hydrogens is 477 g/mol. The second-order valence-electron chi connectivity index (χ2n) is 6.60. The second kappa shape index (κ2) is 10.7. The lowest BCUT2D eigenvalue weighted by Crippen LogP contribution is -2.36. The van der Waals surface area contributed by atoms with E-state index < -0.39 is 16.7 Å². The van der Waals surface area contributed by atoms with Crippen molar-refractivity contribution in [1.29, 1.82) is 0 Å². The van der Waals surface area contributed by atoms with Crippen molar-refractivity contribution in [2.24, 2.45) is 0 Å². The van der Waals surface area contributed by atoms with Crippen molar-refractivity contribution in [3.05, 3.63) is 68.0 Å². The Morgan fingerprint density at radius 3 is 2.67 bits per heavy atom. The molecule has 172 valence electrons. The van der Waals surface area contributed by atoms with Crippen LogP contribution in [0.25, 0.3) is 11.4 Å². The number of nitrogens with zero attached hydrogens (tertiary/aromatic N) is 3. The number of nitro groups is 1. The number of rotatable bonds is 9. The van der Waals surface area contributed by atoms with Gasteiger partial charge in [-0.15, -0.1) is 0 Å². The van der Waals surface area contributed by atoms with Crippen LogP contribution < -0.4 is 15.4 Å². The summed E-state index contributed by atoms with van der Waals surface area (Å²) in [7, 11) is 0. The predicted molar refractivity (Wildman–Crippen MR) is 118 cm³/mol. The molecule has 0 saturated heterocycles. The first-order valence-electron chi connectivity index (χ1n) is 9.47. The van der Waals surface area contributed by atoms with E-state index in [1.165, 1.54) is 18.2 Å². The molecule has 1 heterocycles. The Bertz CT molecular complexity index is 1200. The van der Waals surface area contributed by atoms with Gasteiger partial charge in [0.2, 0.25) is 5.82 Å². The highest BCUT2D eigenvalue weighted by molar-refractivity contribution is 6.35. The zero-order valence-electron chi connectivity index (χ0n) is 17.1. The molecule has 0 saturated carbocycles. The third-order valence-electron chi connectivity index (χ3n) is 4.35. The number of aromatic nitrogens is 2. The highest BCUT2D eigenvalue weighted by Crippen LogP contribution is 2.28. The molecule has 0 aliphatic carbocycles. The van der Waals surface area contributed by atoms with E-state index in [9.17, 15) is 19.7 Å². The summed E-state index contributed by atoms with van der Waals surface area (Å²) < 4.78 is 10.3. The molecule has 0 radical (unpaired) electrons. The molecule has 0 atom stereocenters. The molecule has 2 N–H and O–H groups in total. The van der Waals surface area contributed by atoms with Crippen LogP contribution in [0.3, 0.4) is 0 Å². The van der Waals surface area contributed by atoms with Crippen molar-refractivity contribution < 1.29 is 23.8 Å². The van der Waals surface area contributed by atoms with E-state index in [-0.39, 0.29) is 42.1 Å². The Hall–Kier alpha value is -3.70. The first-order chi connectivity index (χ1) is 15.8. The van der Waals surface area contributed by atoms with Crippen molar-refractivity contribution in [3.63, 3.8) is 0 Å². The number of carbonyl (C=O) groups excluding carboxylic acids is 2. The van der Waals surface area contributed by atoms with E-state index in [0.29, 0.717) is 21.9 Å².